The molecule has 0 saturated carbocycles. The van der Waals surface area contributed by atoms with Crippen LogP contribution < -0.4 is 4.90 Å². The van der Waals surface area contributed by atoms with Crippen molar-refractivity contribution in [1.29, 1.82) is 0 Å². The van der Waals surface area contributed by atoms with Gasteiger partial charge in [-0.15, -0.1) is 0 Å². The summed E-state index contributed by atoms with van der Waals surface area (Å²) in [5.74, 6) is -1.04. The van der Waals surface area contributed by atoms with Gasteiger partial charge in [0.05, 0.1) is 28.1 Å². The van der Waals surface area contributed by atoms with E-state index in [0.29, 0.717) is 24.7 Å². The van der Waals surface area contributed by atoms with E-state index >= 15 is 0 Å². The minimum Gasteiger partial charge on any atom is -0.478 e. The summed E-state index contributed by atoms with van der Waals surface area (Å²) in [5.41, 5.74) is 3.54. The van der Waals surface area contributed by atoms with Crippen LogP contribution in [-0.4, -0.2) is 40.5 Å². The highest BCUT2D eigenvalue weighted by Gasteiger charge is 2.19. The van der Waals surface area contributed by atoms with Crippen LogP contribution in [0.4, 0.5) is 11.4 Å². The molecule has 4 aromatic rings. The Bertz CT molecular complexity index is 1390. The lowest BCUT2D eigenvalue weighted by molar-refractivity contribution is 0.0697. The van der Waals surface area contributed by atoms with Crippen LogP contribution in [0.25, 0.3) is 22.3 Å². The van der Waals surface area contributed by atoms with Gasteiger partial charge >= 0.3 is 5.97 Å². The lowest BCUT2D eigenvalue weighted by atomic mass is 10.1. The monoisotopic (exact) mass is 484 g/mol. The molecule has 1 N–H and O–H groups in total. The quantitative estimate of drug-likeness (QED) is 0.139. The molecular weight excluding hydrogens is 456 g/mol. The van der Waals surface area contributed by atoms with E-state index in [4.69, 9.17) is 16.3 Å². The van der Waals surface area contributed by atoms with Gasteiger partial charge in [-0.25, -0.2) is 9.48 Å². The molecule has 2 aromatic carbocycles. The van der Waals surface area contributed by atoms with Crippen molar-refractivity contribution in [3.63, 3.8) is 0 Å². The SMILES string of the molecule is C#CN(c1ccc2c(-c3ccccn3)nn(COCC[Si](C)(C)C)c2c1)c1ccccc1C(=O)O. The van der Waals surface area contributed by atoms with Crippen molar-refractivity contribution < 1.29 is 14.6 Å². The minimum atomic E-state index is -1.22. The van der Waals surface area contributed by atoms with E-state index in [-0.39, 0.29) is 5.56 Å². The fraction of sp³-hybridized carbons (Fsp3) is 0.222. The molecule has 0 fully saturated rings. The zero-order chi connectivity index (χ0) is 25.0. The number of aromatic nitrogens is 3. The number of pyridine rings is 1. The van der Waals surface area contributed by atoms with Crippen LogP contribution in [0.1, 0.15) is 10.4 Å². The highest BCUT2D eigenvalue weighted by atomic mass is 28.3. The van der Waals surface area contributed by atoms with Gasteiger partial charge in [0.2, 0.25) is 0 Å². The predicted octanol–water partition coefficient (Wildman–Crippen LogP) is 5.84. The molecule has 2 heterocycles. The topological polar surface area (TPSA) is 80.5 Å². The number of hydrogen-bond donors (Lipinski definition) is 1. The van der Waals surface area contributed by atoms with E-state index in [1.54, 1.807) is 24.4 Å². The van der Waals surface area contributed by atoms with Crippen LogP contribution in [0.15, 0.2) is 66.9 Å². The number of ether oxygens (including phenoxy) is 1. The fourth-order valence-electron chi connectivity index (χ4n) is 3.75. The van der Waals surface area contributed by atoms with Gasteiger partial charge in [0.25, 0.3) is 0 Å². The molecule has 8 heteroatoms. The normalized spacial score (nSPS) is 11.4. The molecular formula is C27H28N4O3Si. The Labute approximate surface area is 206 Å². The zero-order valence-electron chi connectivity index (χ0n) is 20.1. The lowest BCUT2D eigenvalue weighted by Gasteiger charge is -2.20. The molecule has 4 rings (SSSR count). The highest BCUT2D eigenvalue weighted by molar-refractivity contribution is 6.76. The Morgan fingerprint density at radius 1 is 1.14 bits per heavy atom. The lowest BCUT2D eigenvalue weighted by Crippen LogP contribution is -2.22. The Morgan fingerprint density at radius 2 is 1.91 bits per heavy atom. The molecule has 2 aromatic heterocycles. The number of anilines is 2. The Balaban J connectivity index is 1.77. The third-order valence-electron chi connectivity index (χ3n) is 5.62. The highest BCUT2D eigenvalue weighted by Crippen LogP contribution is 2.34. The van der Waals surface area contributed by atoms with Gasteiger partial charge in [0.1, 0.15) is 12.4 Å². The van der Waals surface area contributed by atoms with E-state index in [0.717, 1.165) is 28.3 Å². The standard InChI is InChI=1S/C27H28N4O3Si/c1-5-30(24-12-7-6-10-22(24)27(32)33)20-13-14-21-25(18-20)31(19-34-16-17-35(2,3)4)29-26(21)23-11-8-9-15-28-23/h1,6-15,18H,16-17,19H2,2-4H3,(H,32,33). The predicted molar refractivity (Wildman–Crippen MR) is 141 cm³/mol. The fourth-order valence-corrected chi connectivity index (χ4v) is 4.51. The number of fused-ring (bicyclic) bond motifs is 1. The molecule has 0 radical (unpaired) electrons. The molecule has 35 heavy (non-hydrogen) atoms. The molecule has 0 amide bonds. The molecule has 0 unspecified atom stereocenters. The Morgan fingerprint density at radius 3 is 2.60 bits per heavy atom. The molecule has 0 aliphatic rings. The summed E-state index contributed by atoms with van der Waals surface area (Å²) in [7, 11) is -1.22. The maximum atomic E-state index is 11.8. The van der Waals surface area contributed by atoms with E-state index < -0.39 is 14.0 Å². The average Bonchev–Trinajstić information content (AvgIpc) is 3.20. The smallest absolute Gasteiger partial charge is 0.337 e. The number of carboxylic acids is 1. The summed E-state index contributed by atoms with van der Waals surface area (Å²) in [5, 5.41) is 15.4. The molecule has 0 aliphatic carbocycles. The molecule has 0 saturated heterocycles. The number of rotatable bonds is 9. The van der Waals surface area contributed by atoms with Gasteiger partial charge in [-0.2, -0.15) is 5.10 Å². The van der Waals surface area contributed by atoms with Gasteiger partial charge in [-0.3, -0.25) is 9.88 Å². The first kappa shape index (κ1) is 24.2. The van der Waals surface area contributed by atoms with Gasteiger partial charge in [0, 0.05) is 32.3 Å². The molecule has 0 aliphatic heterocycles. The van der Waals surface area contributed by atoms with Crippen LogP contribution in [0, 0.1) is 12.5 Å². The summed E-state index contributed by atoms with van der Waals surface area (Å²) in [4.78, 5) is 17.8. The third-order valence-corrected chi connectivity index (χ3v) is 7.32. The van der Waals surface area contributed by atoms with Crippen LogP contribution in [0.2, 0.25) is 25.7 Å². The Kier molecular flexibility index (Phi) is 7.01. The van der Waals surface area contributed by atoms with Gasteiger partial charge in [-0.1, -0.05) is 44.3 Å². The van der Waals surface area contributed by atoms with E-state index in [9.17, 15) is 9.90 Å². The van der Waals surface area contributed by atoms with Crippen molar-refractivity contribution in [2.75, 3.05) is 11.5 Å². The molecule has 0 atom stereocenters. The van der Waals surface area contributed by atoms with Gasteiger partial charge in [0.15, 0.2) is 0 Å². The summed E-state index contributed by atoms with van der Waals surface area (Å²) in [6, 6.07) is 21.8. The molecule has 7 nitrogen and oxygen atoms in total. The largest absolute Gasteiger partial charge is 0.478 e. The van der Waals surface area contributed by atoms with E-state index in [2.05, 4.69) is 30.7 Å². The van der Waals surface area contributed by atoms with Crippen LogP contribution in [0.3, 0.4) is 0 Å². The second-order valence-corrected chi connectivity index (χ2v) is 15.0. The number of aromatic carboxylic acids is 1. The van der Waals surface area contributed by atoms with Gasteiger partial charge in [-0.05, 0) is 48.5 Å². The first-order chi connectivity index (χ1) is 16.8. The number of carboxylic acid groups (broad SMARTS) is 1. The van der Waals surface area contributed by atoms with Crippen LogP contribution >= 0.6 is 0 Å². The van der Waals surface area contributed by atoms with Crippen molar-refractivity contribution >= 4 is 36.3 Å². The summed E-state index contributed by atoms with van der Waals surface area (Å²) < 4.78 is 7.81. The second kappa shape index (κ2) is 10.1. The zero-order valence-corrected chi connectivity index (χ0v) is 21.1. The first-order valence-corrected chi connectivity index (χ1v) is 15.1. The number of carbonyl (C=O) groups is 1. The van der Waals surface area contributed by atoms with E-state index in [1.807, 2.05) is 41.1 Å². The second-order valence-electron chi connectivity index (χ2n) is 9.40. The Hall–Kier alpha value is -3.93. The molecule has 0 bridgehead atoms. The third kappa shape index (κ3) is 5.43. The van der Waals surface area contributed by atoms with Crippen LogP contribution in [-0.2, 0) is 11.5 Å². The summed E-state index contributed by atoms with van der Waals surface area (Å²) in [6.07, 6.45) is 7.59. The number of benzene rings is 2. The maximum absolute atomic E-state index is 11.8. The number of hydrogen-bond acceptors (Lipinski definition) is 5. The van der Waals surface area contributed by atoms with Crippen molar-refractivity contribution in [1.82, 2.24) is 14.8 Å². The summed E-state index contributed by atoms with van der Waals surface area (Å²) in [6.45, 7) is 7.90. The summed E-state index contributed by atoms with van der Waals surface area (Å²) >= 11 is 0. The van der Waals surface area contributed by atoms with Gasteiger partial charge < -0.3 is 9.84 Å². The number of nitrogens with zero attached hydrogens (tertiary/aromatic N) is 4. The van der Waals surface area contributed by atoms with E-state index in [1.165, 1.54) is 11.0 Å². The van der Waals surface area contributed by atoms with Crippen molar-refractivity contribution in [2.24, 2.45) is 0 Å². The molecule has 178 valence electrons. The van der Waals surface area contributed by atoms with Crippen LogP contribution in [0.5, 0.6) is 0 Å². The number of terminal acetylenes is 1. The minimum absolute atomic E-state index is 0.128. The van der Waals surface area contributed by atoms with Crippen molar-refractivity contribution in [3.8, 4) is 23.9 Å². The number of para-hydroxylation sites is 1. The first-order valence-electron chi connectivity index (χ1n) is 11.4. The maximum Gasteiger partial charge on any atom is 0.337 e. The van der Waals surface area contributed by atoms with Crippen molar-refractivity contribution in [2.45, 2.75) is 32.4 Å². The average molecular weight is 485 g/mol. The molecule has 0 spiro atoms. The van der Waals surface area contributed by atoms with Crippen molar-refractivity contribution in [3.05, 3.63) is 72.4 Å².